The van der Waals surface area contributed by atoms with Crippen LogP contribution in [0.15, 0.2) is 18.2 Å². The van der Waals surface area contributed by atoms with Gasteiger partial charge in [0.05, 0.1) is 11.6 Å². The number of likely N-dealkylation sites (tertiary alicyclic amines) is 1. The summed E-state index contributed by atoms with van der Waals surface area (Å²) in [5.74, 6) is -0.316. The lowest BCUT2D eigenvalue weighted by atomic mass is 10.1. The average Bonchev–Trinajstić information content (AvgIpc) is 2.70. The number of rotatable bonds is 3. The van der Waals surface area contributed by atoms with Gasteiger partial charge in [-0.1, -0.05) is 6.92 Å². The van der Waals surface area contributed by atoms with Crippen LogP contribution >= 0.6 is 0 Å². The Morgan fingerprint density at radius 3 is 2.83 bits per heavy atom. The molecule has 0 radical (unpaired) electrons. The highest BCUT2D eigenvalue weighted by Gasteiger charge is 2.29. The largest absolute Gasteiger partial charge is 0.293 e. The molecule has 0 spiro atoms. The number of benzene rings is 1. The van der Waals surface area contributed by atoms with Crippen molar-refractivity contribution in [1.29, 1.82) is 5.26 Å². The summed E-state index contributed by atoms with van der Waals surface area (Å²) >= 11 is 0. The first kappa shape index (κ1) is 13.0. The second kappa shape index (κ2) is 5.49. The summed E-state index contributed by atoms with van der Waals surface area (Å²) < 4.78 is 13.4. The van der Waals surface area contributed by atoms with Gasteiger partial charge in [-0.25, -0.2) is 4.39 Å². The molecule has 2 nitrogen and oxygen atoms in total. The molecular weight excluding hydrogens is 227 g/mol. The zero-order valence-corrected chi connectivity index (χ0v) is 11.0. The van der Waals surface area contributed by atoms with Crippen molar-refractivity contribution in [2.75, 3.05) is 0 Å². The van der Waals surface area contributed by atoms with Gasteiger partial charge in [0.15, 0.2) is 0 Å². The van der Waals surface area contributed by atoms with Gasteiger partial charge < -0.3 is 0 Å². The van der Waals surface area contributed by atoms with E-state index in [0.717, 1.165) is 18.5 Å². The molecule has 0 saturated carbocycles. The normalized spacial score (nSPS) is 24.1. The maximum absolute atomic E-state index is 13.4. The van der Waals surface area contributed by atoms with E-state index < -0.39 is 0 Å². The maximum Gasteiger partial charge on any atom is 0.124 e. The molecule has 0 aromatic heterocycles. The van der Waals surface area contributed by atoms with E-state index in [4.69, 9.17) is 5.26 Å². The van der Waals surface area contributed by atoms with Crippen LogP contribution in [0.25, 0.3) is 0 Å². The highest BCUT2D eigenvalue weighted by Crippen LogP contribution is 2.28. The summed E-state index contributed by atoms with van der Waals surface area (Å²) in [6.07, 6.45) is 3.56. The Labute approximate surface area is 108 Å². The maximum atomic E-state index is 13.4. The lowest BCUT2D eigenvalue weighted by molar-refractivity contribution is 0.189. The zero-order chi connectivity index (χ0) is 13.1. The molecule has 18 heavy (non-hydrogen) atoms. The van der Waals surface area contributed by atoms with Crippen molar-refractivity contribution >= 4 is 0 Å². The topological polar surface area (TPSA) is 27.0 Å². The fraction of sp³-hybridized carbons (Fsp3) is 0.533. The zero-order valence-electron chi connectivity index (χ0n) is 11.0. The number of hydrogen-bond donors (Lipinski definition) is 0. The minimum Gasteiger partial charge on any atom is -0.293 e. The van der Waals surface area contributed by atoms with Crippen LogP contribution in [0.4, 0.5) is 4.39 Å². The van der Waals surface area contributed by atoms with Gasteiger partial charge in [-0.05, 0) is 49.9 Å². The molecular formula is C15H19FN2. The van der Waals surface area contributed by atoms with E-state index in [0.29, 0.717) is 17.6 Å². The highest BCUT2D eigenvalue weighted by molar-refractivity contribution is 5.33. The van der Waals surface area contributed by atoms with Crippen LogP contribution < -0.4 is 0 Å². The Hall–Kier alpha value is -1.40. The standard InChI is InChI=1S/C15H19FN2/c1-3-15-5-4-11(2)18(15)10-13-6-12(9-17)7-14(16)8-13/h6-8,11,15H,3-5,10H2,1-2H3. The van der Waals surface area contributed by atoms with Crippen LogP contribution in [0.3, 0.4) is 0 Å². The summed E-state index contributed by atoms with van der Waals surface area (Å²) in [6.45, 7) is 5.16. The van der Waals surface area contributed by atoms with E-state index in [2.05, 4.69) is 18.7 Å². The van der Waals surface area contributed by atoms with Gasteiger partial charge in [0.25, 0.3) is 0 Å². The quantitative estimate of drug-likeness (QED) is 0.816. The van der Waals surface area contributed by atoms with Crippen LogP contribution in [0, 0.1) is 17.1 Å². The van der Waals surface area contributed by atoms with E-state index in [-0.39, 0.29) is 5.82 Å². The number of halogens is 1. The van der Waals surface area contributed by atoms with Gasteiger partial charge in [-0.3, -0.25) is 4.90 Å². The summed E-state index contributed by atoms with van der Waals surface area (Å²) in [5, 5.41) is 8.87. The molecule has 1 fully saturated rings. The van der Waals surface area contributed by atoms with Crippen LogP contribution in [0.5, 0.6) is 0 Å². The second-order valence-electron chi connectivity index (χ2n) is 5.12. The van der Waals surface area contributed by atoms with Crippen LogP contribution in [-0.4, -0.2) is 17.0 Å². The minimum absolute atomic E-state index is 0.316. The Kier molecular flexibility index (Phi) is 3.98. The Morgan fingerprint density at radius 2 is 2.17 bits per heavy atom. The first-order chi connectivity index (χ1) is 8.63. The molecule has 0 N–H and O–H groups in total. The smallest absolute Gasteiger partial charge is 0.124 e. The lowest BCUT2D eigenvalue weighted by Crippen LogP contribution is -2.33. The predicted octanol–water partition coefficient (Wildman–Crippen LogP) is 3.46. The fourth-order valence-corrected chi connectivity index (χ4v) is 2.87. The monoisotopic (exact) mass is 246 g/mol. The summed E-state index contributed by atoms with van der Waals surface area (Å²) in [6, 6.07) is 7.77. The van der Waals surface area contributed by atoms with Gasteiger partial charge >= 0.3 is 0 Å². The Bertz CT molecular complexity index is 464. The molecule has 3 heteroatoms. The molecule has 1 aromatic rings. The molecule has 0 amide bonds. The molecule has 96 valence electrons. The third-order valence-electron chi connectivity index (χ3n) is 3.88. The summed E-state index contributed by atoms with van der Waals surface area (Å²) in [5.41, 5.74) is 1.31. The van der Waals surface area contributed by atoms with Crippen molar-refractivity contribution in [3.05, 3.63) is 35.1 Å². The van der Waals surface area contributed by atoms with Gasteiger partial charge in [0.2, 0.25) is 0 Å². The average molecular weight is 246 g/mol. The first-order valence-corrected chi connectivity index (χ1v) is 6.59. The van der Waals surface area contributed by atoms with Crippen molar-refractivity contribution in [2.45, 2.75) is 51.7 Å². The van der Waals surface area contributed by atoms with Crippen LogP contribution in [0.1, 0.15) is 44.2 Å². The van der Waals surface area contributed by atoms with Gasteiger partial charge in [0.1, 0.15) is 5.82 Å². The number of nitriles is 1. The van der Waals surface area contributed by atoms with E-state index in [1.54, 1.807) is 12.1 Å². The summed E-state index contributed by atoms with van der Waals surface area (Å²) in [7, 11) is 0. The molecule has 1 aliphatic rings. The SMILES string of the molecule is CCC1CCC(C)N1Cc1cc(F)cc(C#N)c1. The highest BCUT2D eigenvalue weighted by atomic mass is 19.1. The van der Waals surface area contributed by atoms with Gasteiger partial charge in [-0.15, -0.1) is 0 Å². The Balaban J connectivity index is 2.18. The number of nitrogens with zero attached hydrogens (tertiary/aromatic N) is 2. The van der Waals surface area contributed by atoms with Crippen molar-refractivity contribution in [3.8, 4) is 6.07 Å². The molecule has 2 atom stereocenters. The van der Waals surface area contributed by atoms with Crippen LogP contribution in [0.2, 0.25) is 0 Å². The van der Waals surface area contributed by atoms with Crippen molar-refractivity contribution < 1.29 is 4.39 Å². The van der Waals surface area contributed by atoms with Crippen molar-refractivity contribution in [2.24, 2.45) is 0 Å². The lowest BCUT2D eigenvalue weighted by Gasteiger charge is -2.27. The molecule has 2 rings (SSSR count). The molecule has 1 saturated heterocycles. The van der Waals surface area contributed by atoms with Crippen molar-refractivity contribution in [1.82, 2.24) is 4.90 Å². The molecule has 1 aromatic carbocycles. The second-order valence-corrected chi connectivity index (χ2v) is 5.12. The predicted molar refractivity (Wildman–Crippen MR) is 69.4 cm³/mol. The third kappa shape index (κ3) is 2.70. The Morgan fingerprint density at radius 1 is 1.39 bits per heavy atom. The van der Waals surface area contributed by atoms with E-state index >= 15 is 0 Å². The third-order valence-corrected chi connectivity index (χ3v) is 3.88. The number of hydrogen-bond acceptors (Lipinski definition) is 2. The van der Waals surface area contributed by atoms with Gasteiger partial charge in [-0.2, -0.15) is 5.26 Å². The first-order valence-electron chi connectivity index (χ1n) is 6.59. The summed E-state index contributed by atoms with van der Waals surface area (Å²) in [4.78, 5) is 2.43. The van der Waals surface area contributed by atoms with E-state index in [1.165, 1.54) is 18.9 Å². The molecule has 0 aliphatic carbocycles. The molecule has 1 aliphatic heterocycles. The molecule has 1 heterocycles. The van der Waals surface area contributed by atoms with Gasteiger partial charge in [0, 0.05) is 18.6 Å². The molecule has 0 bridgehead atoms. The molecule has 2 unspecified atom stereocenters. The minimum atomic E-state index is -0.316. The van der Waals surface area contributed by atoms with E-state index in [9.17, 15) is 4.39 Å². The fourth-order valence-electron chi connectivity index (χ4n) is 2.87. The van der Waals surface area contributed by atoms with Crippen molar-refractivity contribution in [3.63, 3.8) is 0 Å². The van der Waals surface area contributed by atoms with E-state index in [1.807, 2.05) is 6.07 Å². The van der Waals surface area contributed by atoms with Crippen LogP contribution in [-0.2, 0) is 6.54 Å².